The molecule has 0 atom stereocenters. The van der Waals surface area contributed by atoms with Crippen molar-refractivity contribution in [1.82, 2.24) is 15.5 Å². The van der Waals surface area contributed by atoms with Gasteiger partial charge in [0.2, 0.25) is 5.91 Å². The number of guanidine groups is 1. The predicted octanol–water partition coefficient (Wildman–Crippen LogP) is 3.80. The Morgan fingerprint density at radius 1 is 1.19 bits per heavy atom. The first-order valence-electron chi connectivity index (χ1n) is 11.3. The Hall–Kier alpha value is -1.71. The molecular formula is C24H41IN4O3. The van der Waals surface area contributed by atoms with E-state index in [1.165, 1.54) is 0 Å². The van der Waals surface area contributed by atoms with Crippen LogP contribution in [0, 0.1) is 5.92 Å². The van der Waals surface area contributed by atoms with Gasteiger partial charge in [0.15, 0.2) is 17.5 Å². The van der Waals surface area contributed by atoms with Crippen LogP contribution < -0.4 is 20.1 Å². The molecule has 1 aromatic rings. The number of rotatable bonds is 8. The van der Waals surface area contributed by atoms with E-state index in [0.29, 0.717) is 12.6 Å². The highest BCUT2D eigenvalue weighted by Crippen LogP contribution is 2.33. The van der Waals surface area contributed by atoms with Gasteiger partial charge in [-0.1, -0.05) is 33.8 Å². The molecule has 1 aliphatic rings. The van der Waals surface area contributed by atoms with Crippen LogP contribution in [0.15, 0.2) is 23.2 Å². The van der Waals surface area contributed by atoms with Gasteiger partial charge in [0.05, 0.1) is 20.8 Å². The van der Waals surface area contributed by atoms with E-state index in [1.807, 2.05) is 30.9 Å². The van der Waals surface area contributed by atoms with Gasteiger partial charge in [0.1, 0.15) is 0 Å². The quantitative estimate of drug-likeness (QED) is 0.288. The number of nitrogens with one attached hydrogen (secondary N) is 2. The highest BCUT2D eigenvalue weighted by Gasteiger charge is 2.26. The molecule has 0 unspecified atom stereocenters. The number of halogens is 1. The molecular weight excluding hydrogens is 519 g/mol. The van der Waals surface area contributed by atoms with E-state index < -0.39 is 0 Å². The molecule has 1 aromatic carbocycles. The molecule has 1 amide bonds. The number of hydrogen-bond donors (Lipinski definition) is 2. The smallest absolute Gasteiger partial charge is 0.225 e. The molecule has 0 aromatic heterocycles. The van der Waals surface area contributed by atoms with Crippen LogP contribution in [0.2, 0.25) is 0 Å². The number of amides is 1. The molecule has 32 heavy (non-hydrogen) atoms. The van der Waals surface area contributed by atoms with Crippen molar-refractivity contribution in [3.63, 3.8) is 0 Å². The molecule has 2 rings (SSSR count). The predicted molar refractivity (Wildman–Crippen MR) is 142 cm³/mol. The largest absolute Gasteiger partial charge is 0.493 e. The lowest BCUT2D eigenvalue weighted by molar-refractivity contribution is -0.135. The fourth-order valence-corrected chi connectivity index (χ4v) is 3.75. The van der Waals surface area contributed by atoms with E-state index in [-0.39, 0.29) is 41.2 Å². The molecule has 8 heteroatoms. The zero-order chi connectivity index (χ0) is 23.0. The second kappa shape index (κ2) is 13.1. The minimum Gasteiger partial charge on any atom is -0.493 e. The van der Waals surface area contributed by atoms with Gasteiger partial charge in [-0.15, -0.1) is 24.0 Å². The van der Waals surface area contributed by atoms with Crippen LogP contribution in [0.3, 0.4) is 0 Å². The van der Waals surface area contributed by atoms with Crippen molar-refractivity contribution >= 4 is 35.8 Å². The summed E-state index contributed by atoms with van der Waals surface area (Å²) >= 11 is 0. The van der Waals surface area contributed by atoms with Crippen LogP contribution >= 0.6 is 24.0 Å². The minimum atomic E-state index is -0.172. The summed E-state index contributed by atoms with van der Waals surface area (Å²) in [5.41, 5.74) is 0.972. The van der Waals surface area contributed by atoms with Crippen LogP contribution in [-0.4, -0.2) is 63.2 Å². The third-order valence-corrected chi connectivity index (χ3v) is 5.78. The standard InChI is InChI=1S/C24H40N4O3.HI/c1-8-25-23(27-19-11-13-28(14-12-19)22(29)17(2)3)26-16-24(4,5)18-9-10-20(30-6)21(15-18)31-7;/h9-10,15,17,19H,8,11-14,16H2,1-7H3,(H2,25,26,27);1H. The van der Waals surface area contributed by atoms with E-state index in [4.69, 9.17) is 14.5 Å². The molecule has 0 bridgehead atoms. The summed E-state index contributed by atoms with van der Waals surface area (Å²) in [7, 11) is 3.30. The fourth-order valence-electron chi connectivity index (χ4n) is 3.75. The molecule has 0 saturated carbocycles. The molecule has 0 aliphatic carbocycles. The van der Waals surface area contributed by atoms with Crippen molar-refractivity contribution in [3.05, 3.63) is 23.8 Å². The Bertz CT molecular complexity index is 760. The molecule has 1 aliphatic heterocycles. The van der Waals surface area contributed by atoms with Gasteiger partial charge >= 0.3 is 0 Å². The lowest BCUT2D eigenvalue weighted by Crippen LogP contribution is -2.50. The molecule has 1 fully saturated rings. The third-order valence-electron chi connectivity index (χ3n) is 5.78. The van der Waals surface area contributed by atoms with Crippen molar-refractivity contribution in [2.45, 2.75) is 58.9 Å². The van der Waals surface area contributed by atoms with Crippen LogP contribution in [0.1, 0.15) is 53.0 Å². The number of hydrogen-bond acceptors (Lipinski definition) is 4. The monoisotopic (exact) mass is 560 g/mol. The minimum absolute atomic E-state index is 0. The van der Waals surface area contributed by atoms with Crippen molar-refractivity contribution in [2.24, 2.45) is 10.9 Å². The number of methoxy groups -OCH3 is 2. The summed E-state index contributed by atoms with van der Waals surface area (Å²) in [6, 6.07) is 6.35. The fraction of sp³-hybridized carbons (Fsp3) is 0.667. The maximum atomic E-state index is 12.2. The topological polar surface area (TPSA) is 75.2 Å². The molecule has 2 N–H and O–H groups in total. The van der Waals surface area contributed by atoms with Gasteiger partial charge in [-0.2, -0.15) is 0 Å². The van der Waals surface area contributed by atoms with Gasteiger partial charge in [-0.3, -0.25) is 9.79 Å². The average molecular weight is 561 g/mol. The van der Waals surface area contributed by atoms with E-state index in [9.17, 15) is 4.79 Å². The maximum absolute atomic E-state index is 12.2. The van der Waals surface area contributed by atoms with E-state index in [1.54, 1.807) is 14.2 Å². The SMILES string of the molecule is CCNC(=NCC(C)(C)c1ccc(OC)c(OC)c1)NC1CCN(C(=O)C(C)C)CC1.I. The summed E-state index contributed by atoms with van der Waals surface area (Å²) in [5, 5.41) is 6.93. The Labute approximate surface area is 210 Å². The number of aliphatic imine (C=N–C) groups is 1. The summed E-state index contributed by atoms with van der Waals surface area (Å²) in [6.07, 6.45) is 1.86. The zero-order valence-electron chi connectivity index (χ0n) is 20.7. The van der Waals surface area contributed by atoms with Gasteiger partial charge < -0.3 is 25.0 Å². The van der Waals surface area contributed by atoms with Crippen molar-refractivity contribution < 1.29 is 14.3 Å². The van der Waals surface area contributed by atoms with Crippen LogP contribution in [-0.2, 0) is 10.2 Å². The van der Waals surface area contributed by atoms with E-state index in [0.717, 1.165) is 55.5 Å². The van der Waals surface area contributed by atoms with Gasteiger partial charge in [-0.25, -0.2) is 0 Å². The maximum Gasteiger partial charge on any atom is 0.225 e. The Balaban J connectivity index is 0.00000512. The Kier molecular flexibility index (Phi) is 11.6. The normalized spacial score (nSPS) is 15.2. The van der Waals surface area contributed by atoms with Crippen molar-refractivity contribution in [3.8, 4) is 11.5 Å². The Morgan fingerprint density at radius 2 is 1.81 bits per heavy atom. The number of likely N-dealkylation sites (tertiary alicyclic amines) is 1. The summed E-state index contributed by atoms with van der Waals surface area (Å²) < 4.78 is 10.8. The molecule has 182 valence electrons. The van der Waals surface area contributed by atoms with Gasteiger partial charge in [0.25, 0.3) is 0 Å². The highest BCUT2D eigenvalue weighted by atomic mass is 127. The summed E-state index contributed by atoms with van der Waals surface area (Å²) in [6.45, 7) is 13.4. The number of ether oxygens (including phenoxy) is 2. The van der Waals surface area contributed by atoms with Gasteiger partial charge in [-0.05, 0) is 37.5 Å². The van der Waals surface area contributed by atoms with Crippen LogP contribution in [0.4, 0.5) is 0 Å². The highest BCUT2D eigenvalue weighted by molar-refractivity contribution is 14.0. The first kappa shape index (κ1) is 28.3. The zero-order valence-corrected chi connectivity index (χ0v) is 23.0. The number of piperidine rings is 1. The van der Waals surface area contributed by atoms with E-state index in [2.05, 4.69) is 37.5 Å². The number of carbonyl (C=O) groups excluding carboxylic acids is 1. The van der Waals surface area contributed by atoms with Crippen molar-refractivity contribution in [2.75, 3.05) is 40.4 Å². The number of nitrogens with zero attached hydrogens (tertiary/aromatic N) is 2. The summed E-state index contributed by atoms with van der Waals surface area (Å²) in [4.78, 5) is 19.1. The molecule has 7 nitrogen and oxygen atoms in total. The van der Waals surface area contributed by atoms with Crippen LogP contribution in [0.25, 0.3) is 0 Å². The lowest BCUT2D eigenvalue weighted by atomic mass is 9.84. The summed E-state index contributed by atoms with van der Waals surface area (Å²) in [5.74, 6) is 2.58. The van der Waals surface area contributed by atoms with Crippen molar-refractivity contribution in [1.29, 1.82) is 0 Å². The first-order valence-corrected chi connectivity index (χ1v) is 11.3. The first-order chi connectivity index (χ1) is 14.7. The Morgan fingerprint density at radius 3 is 2.34 bits per heavy atom. The molecule has 0 spiro atoms. The molecule has 1 heterocycles. The van der Waals surface area contributed by atoms with Crippen LogP contribution in [0.5, 0.6) is 11.5 Å². The second-order valence-electron chi connectivity index (χ2n) is 9.05. The second-order valence-corrected chi connectivity index (χ2v) is 9.05. The third kappa shape index (κ3) is 7.71. The lowest BCUT2D eigenvalue weighted by Gasteiger charge is -2.34. The molecule has 1 saturated heterocycles. The number of carbonyl (C=O) groups is 1. The average Bonchev–Trinajstić information content (AvgIpc) is 2.77. The van der Waals surface area contributed by atoms with Gasteiger partial charge in [0, 0.05) is 37.0 Å². The molecule has 0 radical (unpaired) electrons. The van der Waals surface area contributed by atoms with E-state index >= 15 is 0 Å². The number of benzene rings is 1.